The van der Waals surface area contributed by atoms with E-state index in [0.29, 0.717) is 0 Å². The van der Waals surface area contributed by atoms with Crippen LogP contribution >= 0.6 is 0 Å². The Hall–Kier alpha value is -0.0800. The number of nitrogens with one attached hydrogen (secondary N) is 2. The second-order valence-corrected chi connectivity index (χ2v) is 3.49. The third-order valence-electron chi connectivity index (χ3n) is 2.80. The summed E-state index contributed by atoms with van der Waals surface area (Å²) in [5, 5.41) is 6.88. The van der Waals surface area contributed by atoms with Crippen molar-refractivity contribution in [2.24, 2.45) is 5.92 Å². The Kier molecular flexibility index (Phi) is 1.91. The highest BCUT2D eigenvalue weighted by Crippen LogP contribution is 2.24. The molecule has 0 unspecified atom stereocenters. The molecule has 2 heteroatoms. The lowest BCUT2D eigenvalue weighted by molar-refractivity contribution is 0.213. The van der Waals surface area contributed by atoms with Gasteiger partial charge in [0.1, 0.15) is 0 Å². The third kappa shape index (κ3) is 1.18. The number of hydrogen-bond donors (Lipinski definition) is 2. The zero-order chi connectivity index (χ0) is 6.81. The van der Waals surface area contributed by atoms with E-state index in [2.05, 4.69) is 10.6 Å². The minimum atomic E-state index is 0.843. The molecule has 2 atom stereocenters. The van der Waals surface area contributed by atoms with Gasteiger partial charge in [-0.15, -0.1) is 0 Å². The Labute approximate surface area is 62.4 Å². The molecule has 1 aliphatic carbocycles. The van der Waals surface area contributed by atoms with Gasteiger partial charge in [-0.1, -0.05) is 12.8 Å². The molecule has 0 aromatic rings. The predicted octanol–water partition coefficient (Wildman–Crippen LogP) is 0.696. The van der Waals surface area contributed by atoms with Crippen molar-refractivity contribution < 1.29 is 0 Å². The molecular weight excluding hydrogens is 124 g/mol. The van der Waals surface area contributed by atoms with E-state index in [4.69, 9.17) is 0 Å². The molecule has 0 amide bonds. The largest absolute Gasteiger partial charge is 0.304 e. The first-order valence-electron chi connectivity index (χ1n) is 4.41. The van der Waals surface area contributed by atoms with Gasteiger partial charge in [-0.2, -0.15) is 0 Å². The molecule has 0 radical (unpaired) electrons. The van der Waals surface area contributed by atoms with E-state index in [9.17, 15) is 0 Å². The van der Waals surface area contributed by atoms with Gasteiger partial charge < -0.3 is 10.6 Å². The maximum Gasteiger partial charge on any atom is 0.0456 e. The Bertz CT molecular complexity index is 87.8. The molecule has 1 heterocycles. The summed E-state index contributed by atoms with van der Waals surface area (Å²) in [4.78, 5) is 0. The summed E-state index contributed by atoms with van der Waals surface area (Å²) in [6.45, 7) is 2.28. The molecule has 1 saturated carbocycles. The van der Waals surface area contributed by atoms with E-state index < -0.39 is 0 Å². The first kappa shape index (κ1) is 6.62. The van der Waals surface area contributed by atoms with Gasteiger partial charge in [0, 0.05) is 19.3 Å². The molecule has 2 nitrogen and oxygen atoms in total. The smallest absolute Gasteiger partial charge is 0.0456 e. The van der Waals surface area contributed by atoms with Crippen molar-refractivity contribution in [3.8, 4) is 0 Å². The number of fused-ring (bicyclic) bond motifs is 1. The molecular formula is C8H16N2. The fourth-order valence-electron chi connectivity index (χ4n) is 2.18. The monoisotopic (exact) mass is 140 g/mol. The molecule has 0 aromatic heterocycles. The lowest BCUT2D eigenvalue weighted by Crippen LogP contribution is -2.52. The Morgan fingerprint density at radius 3 is 2.90 bits per heavy atom. The second kappa shape index (κ2) is 2.89. The Balaban J connectivity index is 1.93. The highest BCUT2D eigenvalue weighted by molar-refractivity contribution is 4.84. The van der Waals surface area contributed by atoms with E-state index in [1.807, 2.05) is 0 Å². The summed E-state index contributed by atoms with van der Waals surface area (Å²) in [6.07, 6.45) is 5.73. The van der Waals surface area contributed by atoms with Crippen molar-refractivity contribution in [3.05, 3.63) is 0 Å². The molecule has 2 fully saturated rings. The van der Waals surface area contributed by atoms with Crippen LogP contribution in [0, 0.1) is 5.92 Å². The minimum Gasteiger partial charge on any atom is -0.304 e. The van der Waals surface area contributed by atoms with Gasteiger partial charge in [-0.05, 0) is 18.8 Å². The van der Waals surface area contributed by atoms with Crippen molar-refractivity contribution in [2.75, 3.05) is 13.2 Å². The summed E-state index contributed by atoms with van der Waals surface area (Å²) in [6, 6.07) is 0.843. The van der Waals surface area contributed by atoms with Crippen LogP contribution in [0.15, 0.2) is 0 Å². The maximum absolute atomic E-state index is 3.51. The average Bonchev–Trinajstić information content (AvgIpc) is 2.05. The first-order valence-corrected chi connectivity index (χ1v) is 4.41. The van der Waals surface area contributed by atoms with Crippen LogP contribution < -0.4 is 10.6 Å². The number of rotatable bonds is 0. The van der Waals surface area contributed by atoms with Crippen LogP contribution in [0.4, 0.5) is 0 Å². The van der Waals surface area contributed by atoms with E-state index in [0.717, 1.165) is 18.6 Å². The normalized spacial score (nSPS) is 40.8. The molecule has 2 N–H and O–H groups in total. The maximum atomic E-state index is 3.51. The van der Waals surface area contributed by atoms with Gasteiger partial charge in [-0.25, -0.2) is 0 Å². The zero-order valence-electron chi connectivity index (χ0n) is 6.40. The summed E-state index contributed by atoms with van der Waals surface area (Å²) < 4.78 is 0. The fraction of sp³-hybridized carbons (Fsp3) is 1.00. The van der Waals surface area contributed by atoms with E-state index in [1.165, 1.54) is 32.2 Å². The Morgan fingerprint density at radius 1 is 1.10 bits per heavy atom. The second-order valence-electron chi connectivity index (χ2n) is 3.49. The highest BCUT2D eigenvalue weighted by atomic mass is 15.1. The predicted molar refractivity (Wildman–Crippen MR) is 41.8 cm³/mol. The van der Waals surface area contributed by atoms with Crippen molar-refractivity contribution >= 4 is 0 Å². The molecule has 10 heavy (non-hydrogen) atoms. The van der Waals surface area contributed by atoms with Crippen molar-refractivity contribution in [3.63, 3.8) is 0 Å². The molecule has 2 rings (SSSR count). The fourth-order valence-corrected chi connectivity index (χ4v) is 2.18. The van der Waals surface area contributed by atoms with Gasteiger partial charge >= 0.3 is 0 Å². The summed E-state index contributed by atoms with van der Waals surface area (Å²) in [5.74, 6) is 0.933. The quantitative estimate of drug-likeness (QED) is 0.517. The minimum absolute atomic E-state index is 0.843. The van der Waals surface area contributed by atoms with Crippen LogP contribution in [-0.2, 0) is 0 Å². The molecule has 1 saturated heterocycles. The summed E-state index contributed by atoms with van der Waals surface area (Å²) >= 11 is 0. The standard InChI is InChI=1S/C8H16N2/c1-2-4-8-7(3-1)5-9-6-10-8/h7-10H,1-6H2/t7-,8+/m0/s1. The van der Waals surface area contributed by atoms with E-state index >= 15 is 0 Å². The van der Waals surface area contributed by atoms with Crippen LogP contribution in [0.2, 0.25) is 0 Å². The van der Waals surface area contributed by atoms with Crippen LogP contribution in [0.3, 0.4) is 0 Å². The van der Waals surface area contributed by atoms with Crippen molar-refractivity contribution in [2.45, 2.75) is 31.7 Å². The van der Waals surface area contributed by atoms with Crippen LogP contribution in [0.25, 0.3) is 0 Å². The zero-order valence-corrected chi connectivity index (χ0v) is 6.40. The summed E-state index contributed by atoms with van der Waals surface area (Å²) in [5.41, 5.74) is 0. The topological polar surface area (TPSA) is 24.1 Å². The molecule has 58 valence electrons. The number of hydrogen-bond acceptors (Lipinski definition) is 2. The van der Waals surface area contributed by atoms with Gasteiger partial charge in [0.15, 0.2) is 0 Å². The molecule has 0 aromatic carbocycles. The van der Waals surface area contributed by atoms with Crippen molar-refractivity contribution in [1.82, 2.24) is 10.6 Å². The van der Waals surface area contributed by atoms with Crippen LogP contribution in [-0.4, -0.2) is 19.3 Å². The van der Waals surface area contributed by atoms with E-state index in [-0.39, 0.29) is 0 Å². The highest BCUT2D eigenvalue weighted by Gasteiger charge is 2.26. The van der Waals surface area contributed by atoms with Crippen molar-refractivity contribution in [1.29, 1.82) is 0 Å². The lowest BCUT2D eigenvalue weighted by atomic mass is 9.83. The lowest BCUT2D eigenvalue weighted by Gasteiger charge is -2.36. The van der Waals surface area contributed by atoms with Crippen LogP contribution in [0.1, 0.15) is 25.7 Å². The van der Waals surface area contributed by atoms with Gasteiger partial charge in [0.25, 0.3) is 0 Å². The van der Waals surface area contributed by atoms with Crippen LogP contribution in [0.5, 0.6) is 0 Å². The van der Waals surface area contributed by atoms with Gasteiger partial charge in [0.05, 0.1) is 0 Å². The molecule has 0 bridgehead atoms. The molecule has 1 aliphatic heterocycles. The SMILES string of the molecule is C1CC[C@H]2NCNC[C@@H]2C1. The third-order valence-corrected chi connectivity index (χ3v) is 2.80. The average molecular weight is 140 g/mol. The molecule has 2 aliphatic rings. The first-order chi connectivity index (χ1) is 4.97. The Morgan fingerprint density at radius 2 is 2.00 bits per heavy atom. The summed E-state index contributed by atoms with van der Waals surface area (Å²) in [7, 11) is 0. The van der Waals surface area contributed by atoms with E-state index in [1.54, 1.807) is 0 Å². The molecule has 0 spiro atoms. The van der Waals surface area contributed by atoms with Gasteiger partial charge in [-0.3, -0.25) is 0 Å². The van der Waals surface area contributed by atoms with Gasteiger partial charge in [0.2, 0.25) is 0 Å².